The molecule has 0 spiro atoms. The number of aryl methyl sites for hydroxylation is 2. The van der Waals surface area contributed by atoms with Crippen molar-refractivity contribution >= 4 is 0 Å². The first-order valence-corrected chi connectivity index (χ1v) is 14.2. The minimum absolute atomic E-state index is 0.933. The van der Waals surface area contributed by atoms with Crippen LogP contribution in [0, 0.1) is 0 Å². The van der Waals surface area contributed by atoms with Crippen molar-refractivity contribution in [2.75, 3.05) is 13.2 Å². The van der Waals surface area contributed by atoms with Gasteiger partial charge in [0.1, 0.15) is 11.5 Å². The van der Waals surface area contributed by atoms with Crippen molar-refractivity contribution in [1.82, 2.24) is 0 Å². The molecule has 1 fully saturated rings. The largest absolute Gasteiger partial charge is 0.457 e. The van der Waals surface area contributed by atoms with Crippen molar-refractivity contribution in [3.05, 3.63) is 59.7 Å². The smallest absolute Gasteiger partial charge is 0.127 e. The van der Waals surface area contributed by atoms with E-state index in [0.717, 1.165) is 24.7 Å². The summed E-state index contributed by atoms with van der Waals surface area (Å²) in [6.07, 6.45) is 21.5. The number of hydrogen-bond acceptors (Lipinski definition) is 2. The van der Waals surface area contributed by atoms with Crippen LogP contribution in [0.25, 0.3) is 0 Å². The highest BCUT2D eigenvalue weighted by molar-refractivity contribution is 5.34. The third kappa shape index (κ3) is 15.2. The fourth-order valence-corrected chi connectivity index (χ4v) is 4.16. The highest BCUT2D eigenvalue weighted by Crippen LogP contribution is 2.23. The molecule has 3 rings (SSSR count). The van der Waals surface area contributed by atoms with Crippen LogP contribution in [0.3, 0.4) is 0 Å². The van der Waals surface area contributed by atoms with Gasteiger partial charge in [0.2, 0.25) is 0 Å². The van der Waals surface area contributed by atoms with Gasteiger partial charge in [-0.2, -0.15) is 0 Å². The van der Waals surface area contributed by atoms with Gasteiger partial charge in [0.15, 0.2) is 0 Å². The standard InChI is InChI=1S/C30H46O.C2H4O/c1-3-5-7-9-11-13-15-17-27-19-23-29(24-20-27)31-30-25-21-28(22-26-30)18-16-14-12-10-8-6-4-2;1-2-3-1/h19-26H,3-18H2,1-2H3;1-2H2. The van der Waals surface area contributed by atoms with Crippen molar-refractivity contribution < 1.29 is 9.47 Å². The molecule has 0 atom stereocenters. The number of benzene rings is 2. The third-order valence-electron chi connectivity index (χ3n) is 6.42. The molecular weight excluding hydrogens is 416 g/mol. The predicted octanol–water partition coefficient (Wildman–Crippen LogP) is 10.1. The zero-order valence-electron chi connectivity index (χ0n) is 22.2. The second-order valence-electron chi connectivity index (χ2n) is 9.74. The van der Waals surface area contributed by atoms with Gasteiger partial charge < -0.3 is 9.47 Å². The summed E-state index contributed by atoms with van der Waals surface area (Å²) in [6, 6.07) is 17.4. The Labute approximate surface area is 210 Å². The summed E-state index contributed by atoms with van der Waals surface area (Å²) in [6.45, 7) is 6.56. The third-order valence-corrected chi connectivity index (χ3v) is 6.42. The van der Waals surface area contributed by atoms with Crippen LogP contribution in [0.4, 0.5) is 0 Å². The van der Waals surface area contributed by atoms with Gasteiger partial charge in [0, 0.05) is 0 Å². The molecular formula is C32H50O2. The average Bonchev–Trinajstić information content (AvgIpc) is 3.75. The zero-order valence-corrected chi connectivity index (χ0v) is 22.2. The predicted molar refractivity (Wildman–Crippen MR) is 147 cm³/mol. The summed E-state index contributed by atoms with van der Waals surface area (Å²) in [4.78, 5) is 0. The van der Waals surface area contributed by atoms with Crippen LogP contribution < -0.4 is 4.74 Å². The molecule has 0 amide bonds. The lowest BCUT2D eigenvalue weighted by molar-refractivity contribution is 0.475. The Morgan fingerprint density at radius 2 is 0.824 bits per heavy atom. The van der Waals surface area contributed by atoms with E-state index in [1.165, 1.54) is 114 Å². The van der Waals surface area contributed by atoms with E-state index < -0.39 is 0 Å². The topological polar surface area (TPSA) is 21.8 Å². The second kappa shape index (κ2) is 19.5. The Morgan fingerprint density at radius 3 is 1.15 bits per heavy atom. The molecule has 0 aliphatic carbocycles. The molecule has 0 saturated carbocycles. The minimum Gasteiger partial charge on any atom is -0.457 e. The van der Waals surface area contributed by atoms with Gasteiger partial charge in [-0.05, 0) is 61.1 Å². The normalized spacial score (nSPS) is 12.2. The molecule has 0 radical (unpaired) electrons. The number of rotatable bonds is 18. The van der Waals surface area contributed by atoms with Crippen molar-refractivity contribution in [1.29, 1.82) is 0 Å². The molecule has 190 valence electrons. The maximum Gasteiger partial charge on any atom is 0.127 e. The second-order valence-corrected chi connectivity index (χ2v) is 9.74. The van der Waals surface area contributed by atoms with Gasteiger partial charge in [0.25, 0.3) is 0 Å². The first kappa shape index (κ1) is 28.4. The molecule has 2 heteroatoms. The van der Waals surface area contributed by atoms with Crippen molar-refractivity contribution in [3.63, 3.8) is 0 Å². The van der Waals surface area contributed by atoms with Crippen LogP contribution in [0.1, 0.15) is 115 Å². The number of unbranched alkanes of at least 4 members (excludes halogenated alkanes) is 12. The number of hydrogen-bond donors (Lipinski definition) is 0. The van der Waals surface area contributed by atoms with E-state index >= 15 is 0 Å². The van der Waals surface area contributed by atoms with Crippen LogP contribution in [-0.2, 0) is 17.6 Å². The van der Waals surface area contributed by atoms with Crippen LogP contribution in [0.2, 0.25) is 0 Å². The summed E-state index contributed by atoms with van der Waals surface area (Å²) >= 11 is 0. The van der Waals surface area contributed by atoms with Gasteiger partial charge in [-0.1, -0.05) is 115 Å². The molecule has 0 N–H and O–H groups in total. The van der Waals surface area contributed by atoms with E-state index in [9.17, 15) is 0 Å². The maximum atomic E-state index is 6.05. The molecule has 0 bridgehead atoms. The molecule has 1 aliphatic rings. The fraction of sp³-hybridized carbons (Fsp3) is 0.625. The van der Waals surface area contributed by atoms with E-state index in [-0.39, 0.29) is 0 Å². The molecule has 2 nitrogen and oxygen atoms in total. The zero-order chi connectivity index (χ0) is 24.1. The van der Waals surface area contributed by atoms with E-state index in [4.69, 9.17) is 4.74 Å². The van der Waals surface area contributed by atoms with E-state index in [0.29, 0.717) is 0 Å². The molecule has 34 heavy (non-hydrogen) atoms. The SMILES string of the molecule is C1CO1.CCCCCCCCCc1ccc(Oc2ccc(CCCCCCCCC)cc2)cc1. The van der Waals surface area contributed by atoms with Crippen LogP contribution in [0.15, 0.2) is 48.5 Å². The molecule has 2 aromatic rings. The van der Waals surface area contributed by atoms with E-state index in [2.05, 4.69) is 67.1 Å². The minimum atomic E-state index is 0.933. The number of epoxide rings is 1. The molecule has 0 aromatic heterocycles. The summed E-state index contributed by atoms with van der Waals surface area (Å²) in [5, 5.41) is 0. The molecule has 1 heterocycles. The monoisotopic (exact) mass is 466 g/mol. The van der Waals surface area contributed by atoms with Gasteiger partial charge in [0.05, 0.1) is 13.2 Å². The lowest BCUT2D eigenvalue weighted by Crippen LogP contribution is -1.90. The highest BCUT2D eigenvalue weighted by Gasteiger charge is 2.01. The summed E-state index contributed by atoms with van der Waals surface area (Å²) in [7, 11) is 0. The van der Waals surface area contributed by atoms with Crippen molar-refractivity contribution in [3.8, 4) is 11.5 Å². The van der Waals surface area contributed by atoms with Crippen LogP contribution in [-0.4, -0.2) is 13.2 Å². The Balaban J connectivity index is 0.00000126. The quantitative estimate of drug-likeness (QED) is 0.161. The van der Waals surface area contributed by atoms with Crippen LogP contribution >= 0.6 is 0 Å². The Kier molecular flexibility index (Phi) is 16.3. The first-order valence-electron chi connectivity index (χ1n) is 14.2. The summed E-state index contributed by atoms with van der Waals surface area (Å²) < 4.78 is 10.5. The van der Waals surface area contributed by atoms with Gasteiger partial charge in [-0.3, -0.25) is 0 Å². The Hall–Kier alpha value is -1.80. The molecule has 0 unspecified atom stereocenters. The first-order chi connectivity index (χ1) is 16.8. The lowest BCUT2D eigenvalue weighted by atomic mass is 10.0. The van der Waals surface area contributed by atoms with E-state index in [1.807, 2.05) is 0 Å². The van der Waals surface area contributed by atoms with Gasteiger partial charge in [-0.15, -0.1) is 0 Å². The molecule has 1 saturated heterocycles. The lowest BCUT2D eigenvalue weighted by Gasteiger charge is -2.08. The Bertz CT molecular complexity index is 641. The van der Waals surface area contributed by atoms with Crippen molar-refractivity contribution in [2.24, 2.45) is 0 Å². The maximum absolute atomic E-state index is 6.05. The van der Waals surface area contributed by atoms with Gasteiger partial charge in [-0.25, -0.2) is 0 Å². The highest BCUT2D eigenvalue weighted by atomic mass is 16.6. The average molecular weight is 467 g/mol. The fourth-order valence-electron chi connectivity index (χ4n) is 4.16. The number of ether oxygens (including phenoxy) is 2. The molecule has 1 aliphatic heterocycles. The Morgan fingerprint density at radius 1 is 0.500 bits per heavy atom. The van der Waals surface area contributed by atoms with Crippen LogP contribution in [0.5, 0.6) is 11.5 Å². The molecule has 2 aromatic carbocycles. The van der Waals surface area contributed by atoms with E-state index in [1.54, 1.807) is 0 Å². The van der Waals surface area contributed by atoms with Crippen molar-refractivity contribution in [2.45, 2.75) is 117 Å². The summed E-state index contributed by atoms with van der Waals surface area (Å²) in [5.74, 6) is 1.87. The van der Waals surface area contributed by atoms with Gasteiger partial charge >= 0.3 is 0 Å². The summed E-state index contributed by atoms with van der Waals surface area (Å²) in [5.41, 5.74) is 2.84.